The van der Waals surface area contributed by atoms with Crippen LogP contribution in [0.2, 0.25) is 0 Å². The summed E-state index contributed by atoms with van der Waals surface area (Å²) in [6, 6.07) is 11.6. The molecular weight excluding hydrogens is 380 g/mol. The molecular formula is C19H16N4O4S. The highest BCUT2D eigenvalue weighted by atomic mass is 32.1. The second-order valence-corrected chi connectivity index (χ2v) is 6.70. The van der Waals surface area contributed by atoms with E-state index in [-0.39, 0.29) is 16.5 Å². The van der Waals surface area contributed by atoms with Crippen LogP contribution < -0.4 is 10.2 Å². The van der Waals surface area contributed by atoms with Crippen molar-refractivity contribution >= 4 is 52.4 Å². The van der Waals surface area contributed by atoms with Crippen LogP contribution in [0.5, 0.6) is 0 Å². The van der Waals surface area contributed by atoms with Crippen LogP contribution in [0.1, 0.15) is 11.1 Å². The lowest BCUT2D eigenvalue weighted by Crippen LogP contribution is -2.58. The number of nitro groups is 1. The highest BCUT2D eigenvalue weighted by Crippen LogP contribution is 2.28. The first-order valence-electron chi connectivity index (χ1n) is 8.32. The molecule has 0 bridgehead atoms. The molecule has 1 aliphatic heterocycles. The van der Waals surface area contributed by atoms with Gasteiger partial charge in [-0.15, -0.1) is 0 Å². The summed E-state index contributed by atoms with van der Waals surface area (Å²) < 4.78 is 0. The number of hydrogen-bond donors (Lipinski definition) is 1. The Kier molecular flexibility index (Phi) is 5.27. The van der Waals surface area contributed by atoms with Gasteiger partial charge in [0, 0.05) is 12.3 Å². The third kappa shape index (κ3) is 3.79. The van der Waals surface area contributed by atoms with E-state index >= 15 is 0 Å². The molecule has 0 aliphatic carbocycles. The Balaban J connectivity index is 1.93. The number of hydrogen-bond acceptors (Lipinski definition) is 6. The Morgan fingerprint density at radius 1 is 1.14 bits per heavy atom. The van der Waals surface area contributed by atoms with Crippen LogP contribution in [-0.4, -0.2) is 28.1 Å². The fourth-order valence-electron chi connectivity index (χ4n) is 2.70. The molecule has 142 valence electrons. The first kappa shape index (κ1) is 19.3. The number of carbonyl (C=O) groups is 2. The number of aliphatic imine (C=N–C) groups is 1. The molecule has 0 saturated carbocycles. The fourth-order valence-corrected chi connectivity index (χ4v) is 3.00. The van der Waals surface area contributed by atoms with Crippen LogP contribution >= 0.6 is 12.2 Å². The molecule has 28 heavy (non-hydrogen) atoms. The molecule has 8 nitrogen and oxygen atoms in total. The number of nitrogens with zero attached hydrogens (tertiary/aromatic N) is 3. The van der Waals surface area contributed by atoms with Gasteiger partial charge in [-0.25, -0.2) is 0 Å². The molecule has 1 atom stereocenters. The van der Waals surface area contributed by atoms with Gasteiger partial charge in [0.25, 0.3) is 11.6 Å². The molecule has 2 aromatic rings. The van der Waals surface area contributed by atoms with Crippen molar-refractivity contribution in [2.75, 3.05) is 4.90 Å². The molecule has 1 heterocycles. The second-order valence-electron chi connectivity index (χ2n) is 6.31. The number of carbonyl (C=O) groups excluding carboxylic acids is 2. The van der Waals surface area contributed by atoms with Gasteiger partial charge < -0.3 is 5.32 Å². The Morgan fingerprint density at radius 2 is 1.79 bits per heavy atom. The molecule has 1 fully saturated rings. The highest BCUT2D eigenvalue weighted by molar-refractivity contribution is 7.80. The smallest absolute Gasteiger partial charge is 0.295 e. The minimum atomic E-state index is -1.26. The van der Waals surface area contributed by atoms with E-state index in [9.17, 15) is 19.7 Å². The minimum Gasteiger partial charge on any atom is -0.301 e. The van der Waals surface area contributed by atoms with Gasteiger partial charge in [-0.2, -0.15) is 0 Å². The van der Waals surface area contributed by atoms with E-state index in [1.807, 2.05) is 19.1 Å². The molecule has 1 saturated heterocycles. The van der Waals surface area contributed by atoms with Crippen LogP contribution in [-0.2, 0) is 9.59 Å². The van der Waals surface area contributed by atoms with Gasteiger partial charge in [0.05, 0.1) is 10.6 Å². The van der Waals surface area contributed by atoms with Crippen LogP contribution in [0, 0.1) is 29.9 Å². The summed E-state index contributed by atoms with van der Waals surface area (Å²) in [5.74, 6) is -2.46. The number of anilines is 1. The van der Waals surface area contributed by atoms with Crippen molar-refractivity contribution in [3.63, 3.8) is 0 Å². The predicted molar refractivity (Wildman–Crippen MR) is 109 cm³/mol. The van der Waals surface area contributed by atoms with Gasteiger partial charge in [0.2, 0.25) is 5.91 Å². The van der Waals surface area contributed by atoms with Crippen LogP contribution in [0.3, 0.4) is 0 Å². The number of thiocarbonyl (C=S) groups is 1. The zero-order valence-electron chi connectivity index (χ0n) is 15.1. The summed E-state index contributed by atoms with van der Waals surface area (Å²) in [4.78, 5) is 41.1. The monoisotopic (exact) mass is 396 g/mol. The lowest BCUT2D eigenvalue weighted by Gasteiger charge is -2.30. The van der Waals surface area contributed by atoms with Crippen LogP contribution in [0.25, 0.3) is 0 Å². The standard InChI is InChI=1S/C19H16N4O4S/c1-11-3-6-13(7-4-11)22-18(25)14(17(24)21-19(22)28)10-20-15-8-5-12(2)9-16(15)23(26)27/h3-10,14H,1-2H3,(H,21,24,28)/t14-/m0/s1. The van der Waals surface area contributed by atoms with Gasteiger partial charge in [-0.05, 0) is 49.8 Å². The largest absolute Gasteiger partial charge is 0.301 e. The van der Waals surface area contributed by atoms with E-state index in [1.54, 1.807) is 25.1 Å². The summed E-state index contributed by atoms with van der Waals surface area (Å²) in [7, 11) is 0. The Hall–Kier alpha value is -3.46. The Labute approximate surface area is 166 Å². The number of nitrogens with one attached hydrogen (secondary N) is 1. The van der Waals surface area contributed by atoms with Crippen molar-refractivity contribution in [2.45, 2.75) is 13.8 Å². The molecule has 1 N–H and O–H groups in total. The van der Waals surface area contributed by atoms with Gasteiger partial charge in [-0.3, -0.25) is 29.6 Å². The average Bonchev–Trinajstić information content (AvgIpc) is 2.63. The lowest BCUT2D eigenvalue weighted by atomic mass is 10.1. The zero-order valence-corrected chi connectivity index (χ0v) is 15.9. The Morgan fingerprint density at radius 3 is 2.43 bits per heavy atom. The second kappa shape index (κ2) is 7.65. The van der Waals surface area contributed by atoms with E-state index in [4.69, 9.17) is 12.2 Å². The van der Waals surface area contributed by atoms with Gasteiger partial charge in [0.1, 0.15) is 5.69 Å². The maximum atomic E-state index is 12.9. The fraction of sp³-hybridized carbons (Fsp3) is 0.158. The average molecular weight is 396 g/mol. The Bertz CT molecular complexity index is 1020. The number of rotatable bonds is 4. The molecule has 0 spiro atoms. The molecule has 0 unspecified atom stereocenters. The lowest BCUT2D eigenvalue weighted by molar-refractivity contribution is -0.384. The van der Waals surface area contributed by atoms with E-state index in [0.29, 0.717) is 11.3 Å². The topological polar surface area (TPSA) is 105 Å². The molecule has 1 aliphatic rings. The third-order valence-electron chi connectivity index (χ3n) is 4.18. The SMILES string of the molecule is Cc1ccc(N2C(=O)[C@@H](C=Nc3ccc(C)cc3[N+](=O)[O-])C(=O)NC2=S)cc1. The number of nitro benzene ring substituents is 1. The maximum absolute atomic E-state index is 12.9. The van der Waals surface area contributed by atoms with Gasteiger partial charge in [0.15, 0.2) is 11.0 Å². The molecule has 2 aromatic carbocycles. The summed E-state index contributed by atoms with van der Waals surface area (Å²) in [5, 5.41) is 13.7. The van der Waals surface area contributed by atoms with Gasteiger partial charge in [-0.1, -0.05) is 23.8 Å². The zero-order chi connectivity index (χ0) is 20.4. The first-order chi connectivity index (χ1) is 13.3. The number of aryl methyl sites for hydroxylation is 2. The molecule has 0 aromatic heterocycles. The van der Waals surface area contributed by atoms with Crippen molar-refractivity contribution in [1.29, 1.82) is 0 Å². The number of benzene rings is 2. The predicted octanol–water partition coefficient (Wildman–Crippen LogP) is 2.98. The van der Waals surface area contributed by atoms with E-state index < -0.39 is 22.7 Å². The van der Waals surface area contributed by atoms with Crippen molar-refractivity contribution < 1.29 is 14.5 Å². The van der Waals surface area contributed by atoms with Crippen molar-refractivity contribution in [1.82, 2.24) is 5.32 Å². The quantitative estimate of drug-likeness (QED) is 0.281. The minimum absolute atomic E-state index is 0.0233. The normalized spacial score (nSPS) is 17.1. The number of amides is 2. The highest BCUT2D eigenvalue weighted by Gasteiger charge is 2.38. The third-order valence-corrected chi connectivity index (χ3v) is 4.47. The molecule has 9 heteroatoms. The van der Waals surface area contributed by atoms with Crippen molar-refractivity contribution in [3.05, 3.63) is 63.7 Å². The summed E-state index contributed by atoms with van der Waals surface area (Å²) >= 11 is 5.14. The first-order valence-corrected chi connectivity index (χ1v) is 8.73. The van der Waals surface area contributed by atoms with E-state index in [2.05, 4.69) is 10.3 Å². The van der Waals surface area contributed by atoms with Crippen LogP contribution in [0.15, 0.2) is 47.5 Å². The summed E-state index contributed by atoms with van der Waals surface area (Å²) in [6.07, 6.45) is 1.11. The molecule has 3 rings (SSSR count). The van der Waals surface area contributed by atoms with Crippen molar-refractivity contribution in [2.24, 2.45) is 10.9 Å². The molecule has 2 amide bonds. The van der Waals surface area contributed by atoms with E-state index in [0.717, 1.165) is 11.8 Å². The molecule has 0 radical (unpaired) electrons. The van der Waals surface area contributed by atoms with Crippen LogP contribution in [0.4, 0.5) is 17.1 Å². The van der Waals surface area contributed by atoms with Crippen molar-refractivity contribution in [3.8, 4) is 0 Å². The van der Waals surface area contributed by atoms with E-state index in [1.165, 1.54) is 17.0 Å². The van der Waals surface area contributed by atoms with Gasteiger partial charge >= 0.3 is 0 Å². The summed E-state index contributed by atoms with van der Waals surface area (Å²) in [5.41, 5.74) is 2.08. The summed E-state index contributed by atoms with van der Waals surface area (Å²) in [6.45, 7) is 3.63. The maximum Gasteiger partial charge on any atom is 0.295 e.